The van der Waals surface area contributed by atoms with Gasteiger partial charge in [0.05, 0.1) is 45.3 Å². The number of likely N-dealkylation sites (N-methyl/N-ethyl adjacent to an activating group) is 1. The number of quaternary nitrogens is 1. The van der Waals surface area contributed by atoms with Crippen LogP contribution in [0.2, 0.25) is 0 Å². The summed E-state index contributed by atoms with van der Waals surface area (Å²) in [6.07, 6.45) is 37.0. The van der Waals surface area contributed by atoms with E-state index in [0.29, 0.717) is 19.4 Å². The number of ether oxygens (including phenoxy) is 2. The number of hydrogen-bond acceptors (Lipinski definition) is 9. The highest BCUT2D eigenvalue weighted by molar-refractivity contribution is 7.48. The smallest absolute Gasteiger partial charge is 0.462 e. The highest BCUT2D eigenvalue weighted by Crippen LogP contribution is 2.49. The van der Waals surface area contributed by atoms with E-state index in [0.717, 1.165) is 56.2 Å². The largest absolute Gasteiger partial charge is 0.475 e. The Morgan fingerprint density at radius 3 is 1.23 bits per heavy atom. The minimum absolute atomic E-state index is 0.0180. The average molecular weight is 886 g/mol. The van der Waals surface area contributed by atoms with Crippen LogP contribution in [0.4, 0.5) is 0 Å². The summed E-state index contributed by atoms with van der Waals surface area (Å²) in [5.74, 6) is -0.755. The number of carbonyl (C=O) groups excluding carboxylic acids is 2. The van der Waals surface area contributed by atoms with Gasteiger partial charge in [0.25, 0.3) is 0 Å². The maximum absolute atomic E-state index is 13.7. The van der Waals surface area contributed by atoms with E-state index in [2.05, 4.69) is 34.6 Å². The molecule has 0 bridgehead atoms. The van der Waals surface area contributed by atoms with Gasteiger partial charge >= 0.3 is 19.8 Å². The van der Waals surface area contributed by atoms with Gasteiger partial charge in [-0.05, 0) is 33.6 Å². The first-order valence-corrected chi connectivity index (χ1v) is 27.3. The van der Waals surface area contributed by atoms with E-state index in [1.54, 1.807) is 0 Å². The minimum Gasteiger partial charge on any atom is -0.462 e. The van der Waals surface area contributed by atoms with Gasteiger partial charge in [0.1, 0.15) is 19.8 Å². The summed E-state index contributed by atoms with van der Waals surface area (Å²) in [4.78, 5) is 25.7. The molecule has 2 atom stereocenters. The maximum Gasteiger partial charge on any atom is 0.475 e. The van der Waals surface area contributed by atoms with Crippen LogP contribution in [0.3, 0.4) is 0 Å². The molecule has 0 aliphatic carbocycles. The Bertz CT molecular complexity index is 1070. The number of nitrogens with zero attached hydrogens (tertiary/aromatic N) is 2. The molecule has 2 unspecified atom stereocenters. The molecule has 0 fully saturated rings. The third-order valence-electron chi connectivity index (χ3n) is 12.4. The Morgan fingerprint density at radius 1 is 0.492 bits per heavy atom. The molecule has 61 heavy (non-hydrogen) atoms. The number of esters is 2. The van der Waals surface area contributed by atoms with Crippen LogP contribution in [-0.2, 0) is 37.2 Å². The molecule has 0 spiro atoms. The van der Waals surface area contributed by atoms with E-state index in [1.165, 1.54) is 154 Å². The van der Waals surface area contributed by atoms with Gasteiger partial charge < -0.3 is 14.0 Å². The number of carbonyl (C=O) groups is 2. The molecular formula is C50H98N2O8P+. The summed E-state index contributed by atoms with van der Waals surface area (Å²) < 4.78 is 42.8. The van der Waals surface area contributed by atoms with Crippen LogP contribution < -0.4 is 0 Å². The fourth-order valence-corrected chi connectivity index (χ4v) is 9.07. The van der Waals surface area contributed by atoms with E-state index in [4.69, 9.17) is 28.3 Å². The standard InChI is InChI=1S/C50H98N2O8P/c1-6-11-13-15-17-19-21-23-25-27-29-31-33-35-37-40-49(53)56-46-48(47-59-61(55,57-44-39-42-51)58-45-43-52(8-3,9-4)10-5)60-50(54)41-38-36-34-32-30-28-26-24-22-20-18-16-14-12-7-2/h48H,6-41,43-47H2,1-5H3/q+1. The van der Waals surface area contributed by atoms with E-state index >= 15 is 0 Å². The predicted molar refractivity (Wildman–Crippen MR) is 252 cm³/mol. The van der Waals surface area contributed by atoms with Gasteiger partial charge in [-0.3, -0.25) is 23.2 Å². The second-order valence-electron chi connectivity index (χ2n) is 17.5. The predicted octanol–water partition coefficient (Wildman–Crippen LogP) is 14.9. The summed E-state index contributed by atoms with van der Waals surface area (Å²) in [6.45, 7) is 13.7. The topological polar surface area (TPSA) is 121 Å². The highest BCUT2D eigenvalue weighted by Gasteiger charge is 2.32. The molecule has 0 aliphatic rings. The van der Waals surface area contributed by atoms with E-state index < -0.39 is 19.9 Å². The van der Waals surface area contributed by atoms with Crippen LogP contribution >= 0.6 is 7.82 Å². The number of nitriles is 1. The number of phosphoric ester groups is 1. The number of phosphoric acid groups is 1. The van der Waals surface area contributed by atoms with Gasteiger partial charge in [-0.15, -0.1) is 0 Å². The van der Waals surface area contributed by atoms with Crippen molar-refractivity contribution in [2.45, 2.75) is 253 Å². The van der Waals surface area contributed by atoms with Gasteiger partial charge in [0.15, 0.2) is 6.10 Å². The zero-order valence-electron chi connectivity index (χ0n) is 40.7. The summed E-state index contributed by atoms with van der Waals surface area (Å²) in [6, 6.07) is 1.99. The third kappa shape index (κ3) is 37.6. The molecule has 0 aromatic carbocycles. The molecule has 0 amide bonds. The van der Waals surface area contributed by atoms with E-state index in [1.807, 2.05) is 6.07 Å². The summed E-state index contributed by atoms with van der Waals surface area (Å²) in [5, 5.41) is 9.06. The molecule has 0 saturated heterocycles. The lowest BCUT2D eigenvalue weighted by Crippen LogP contribution is -2.49. The van der Waals surface area contributed by atoms with Crippen molar-refractivity contribution in [2.75, 3.05) is 52.6 Å². The van der Waals surface area contributed by atoms with Gasteiger partial charge in [0.2, 0.25) is 0 Å². The monoisotopic (exact) mass is 886 g/mol. The van der Waals surface area contributed by atoms with E-state index in [9.17, 15) is 14.2 Å². The van der Waals surface area contributed by atoms with Gasteiger partial charge in [-0.1, -0.05) is 194 Å². The molecule has 0 radical (unpaired) electrons. The minimum atomic E-state index is -4.10. The Hall–Kier alpha value is -1.50. The first-order chi connectivity index (χ1) is 29.7. The second kappa shape index (κ2) is 43.7. The first-order valence-electron chi connectivity index (χ1n) is 25.8. The van der Waals surface area contributed by atoms with Crippen molar-refractivity contribution in [2.24, 2.45) is 0 Å². The lowest BCUT2D eigenvalue weighted by atomic mass is 10.0. The maximum atomic E-state index is 13.7. The Kier molecular flexibility index (Phi) is 42.7. The molecule has 10 nitrogen and oxygen atoms in total. The summed E-state index contributed by atoms with van der Waals surface area (Å²) >= 11 is 0. The summed E-state index contributed by atoms with van der Waals surface area (Å²) in [7, 11) is -4.10. The molecule has 0 aromatic heterocycles. The van der Waals surface area contributed by atoms with Crippen LogP contribution in [0.1, 0.15) is 247 Å². The third-order valence-corrected chi connectivity index (χ3v) is 13.9. The van der Waals surface area contributed by atoms with Gasteiger partial charge in [-0.2, -0.15) is 5.26 Å². The molecule has 0 N–H and O–H groups in total. The van der Waals surface area contributed by atoms with Crippen LogP contribution in [0.15, 0.2) is 0 Å². The van der Waals surface area contributed by atoms with Crippen molar-refractivity contribution >= 4 is 19.8 Å². The zero-order valence-corrected chi connectivity index (χ0v) is 41.6. The van der Waals surface area contributed by atoms with Crippen LogP contribution in [0, 0.1) is 11.3 Å². The van der Waals surface area contributed by atoms with Crippen molar-refractivity contribution in [3.05, 3.63) is 0 Å². The Balaban J connectivity index is 4.82. The van der Waals surface area contributed by atoms with Crippen molar-refractivity contribution in [1.29, 1.82) is 5.26 Å². The molecule has 11 heteroatoms. The number of rotatable bonds is 48. The van der Waals surface area contributed by atoms with Crippen LogP contribution in [0.5, 0.6) is 0 Å². The van der Waals surface area contributed by atoms with Crippen LogP contribution in [0.25, 0.3) is 0 Å². The fraction of sp³-hybridized carbons (Fsp3) is 0.940. The quantitative estimate of drug-likeness (QED) is 0.0254. The van der Waals surface area contributed by atoms with Crippen molar-refractivity contribution in [1.82, 2.24) is 0 Å². The van der Waals surface area contributed by atoms with Gasteiger partial charge in [-0.25, -0.2) is 4.57 Å². The lowest BCUT2D eigenvalue weighted by Gasteiger charge is -2.35. The fourth-order valence-electron chi connectivity index (χ4n) is 7.88. The normalized spacial score (nSPS) is 13.2. The summed E-state index contributed by atoms with van der Waals surface area (Å²) in [5.41, 5.74) is 0. The Labute approximate surface area is 376 Å². The molecular weight excluding hydrogens is 788 g/mol. The average Bonchev–Trinajstić information content (AvgIpc) is 3.26. The molecule has 0 rings (SSSR count). The van der Waals surface area contributed by atoms with Crippen molar-refractivity contribution in [3.8, 4) is 6.07 Å². The zero-order chi connectivity index (χ0) is 45.0. The highest BCUT2D eigenvalue weighted by atomic mass is 31.2. The molecule has 0 saturated carbocycles. The molecule has 0 aromatic rings. The van der Waals surface area contributed by atoms with Crippen molar-refractivity contribution in [3.63, 3.8) is 0 Å². The Morgan fingerprint density at radius 2 is 0.852 bits per heavy atom. The molecule has 0 aliphatic heterocycles. The number of hydrogen-bond donors (Lipinski definition) is 0. The number of unbranched alkanes of at least 4 members (excludes halogenated alkanes) is 28. The van der Waals surface area contributed by atoms with Crippen LogP contribution in [-0.4, -0.2) is 75.1 Å². The molecule has 360 valence electrons. The lowest BCUT2D eigenvalue weighted by molar-refractivity contribution is -0.923. The first kappa shape index (κ1) is 59.5. The molecule has 0 heterocycles. The van der Waals surface area contributed by atoms with Crippen molar-refractivity contribution < 1.29 is 41.7 Å². The second-order valence-corrected chi connectivity index (χ2v) is 19.2. The van der Waals surface area contributed by atoms with Gasteiger partial charge in [0, 0.05) is 12.8 Å². The van der Waals surface area contributed by atoms with E-state index in [-0.39, 0.29) is 45.2 Å². The SMILES string of the molecule is CCCCCCCCCCCCCCCCCC(=O)OCC(COP(=O)(OCCC#N)OCC[N+](CC)(CC)CC)OC(=O)CCCCCCCCCCCCCCCCC.